The van der Waals surface area contributed by atoms with Crippen molar-refractivity contribution in [2.45, 2.75) is 6.42 Å². The molecule has 1 N–H and O–H groups in total. The van der Waals surface area contributed by atoms with Gasteiger partial charge in [0.1, 0.15) is 28.7 Å². The first-order valence-corrected chi connectivity index (χ1v) is 15.3. The van der Waals surface area contributed by atoms with E-state index < -0.39 is 33.1 Å². The Balaban J connectivity index is 1.63. The molecule has 1 aliphatic rings. The van der Waals surface area contributed by atoms with E-state index in [9.17, 15) is 26.8 Å². The number of benzene rings is 3. The highest BCUT2D eigenvalue weighted by molar-refractivity contribution is 7.92. The summed E-state index contributed by atoms with van der Waals surface area (Å²) in [5, 5.41) is 2.94. The van der Waals surface area contributed by atoms with Crippen molar-refractivity contribution in [3.05, 3.63) is 105 Å². The molecule has 1 aliphatic carbocycles. The number of carbonyl (C=O) groups excluding carboxylic acids is 1. The molecular formula is C32H26F2N4O5S. The van der Waals surface area contributed by atoms with Crippen LogP contribution < -0.4 is 15.2 Å². The Morgan fingerprint density at radius 1 is 1.11 bits per heavy atom. The molecule has 0 saturated carbocycles. The predicted molar refractivity (Wildman–Crippen MR) is 165 cm³/mol. The van der Waals surface area contributed by atoms with Crippen LogP contribution in [-0.4, -0.2) is 44.2 Å². The standard InChI is InChI=1S/C32H26F2N4O5S/c1-35-31(39)28-23-14-22(25-16-37(2)32(40)29(36-25)19-12-18-6-5-7-24(34)21(18)13-19)26(38(3)44(4,41)42)15-27(23)43-30(28)17-8-10-20(33)11-9-17/h5-11,13-16H,12H2,1-4H3,(H,35,39). The second-order valence-electron chi connectivity index (χ2n) is 10.5. The average molecular weight is 617 g/mol. The molecule has 0 aliphatic heterocycles. The second-order valence-corrected chi connectivity index (χ2v) is 12.6. The number of aryl methyl sites for hydroxylation is 1. The molecule has 2 heterocycles. The Labute approximate surface area is 251 Å². The number of aromatic nitrogens is 2. The fourth-order valence-corrected chi connectivity index (χ4v) is 5.87. The van der Waals surface area contributed by atoms with E-state index in [0.717, 1.165) is 16.1 Å². The van der Waals surface area contributed by atoms with Crippen molar-refractivity contribution in [2.24, 2.45) is 7.05 Å². The maximum atomic E-state index is 14.5. The minimum atomic E-state index is -3.80. The second kappa shape index (κ2) is 10.6. The van der Waals surface area contributed by atoms with Gasteiger partial charge in [0.05, 0.1) is 23.2 Å². The quantitative estimate of drug-likeness (QED) is 0.288. The largest absolute Gasteiger partial charge is 0.455 e. The summed E-state index contributed by atoms with van der Waals surface area (Å²) in [4.78, 5) is 31.2. The molecule has 12 heteroatoms. The maximum Gasteiger partial charge on any atom is 0.276 e. The summed E-state index contributed by atoms with van der Waals surface area (Å²) in [7, 11) is 0.565. The van der Waals surface area contributed by atoms with Crippen LogP contribution in [-0.2, 0) is 23.5 Å². The van der Waals surface area contributed by atoms with Crippen LogP contribution in [0.3, 0.4) is 0 Å². The summed E-state index contributed by atoms with van der Waals surface area (Å²) in [6.07, 6.45) is 4.39. The summed E-state index contributed by atoms with van der Waals surface area (Å²) in [6.45, 7) is 0. The molecule has 0 atom stereocenters. The minimum Gasteiger partial charge on any atom is -0.455 e. The Hall–Kier alpha value is -5.10. The maximum absolute atomic E-state index is 14.5. The van der Waals surface area contributed by atoms with Crippen LogP contribution in [0.15, 0.2) is 70.0 Å². The van der Waals surface area contributed by atoms with Gasteiger partial charge in [-0.05, 0) is 53.6 Å². The highest BCUT2D eigenvalue weighted by atomic mass is 32.2. The molecular weight excluding hydrogens is 590 g/mol. The van der Waals surface area contributed by atoms with Crippen LogP contribution in [0.1, 0.15) is 27.2 Å². The Morgan fingerprint density at radius 3 is 2.50 bits per heavy atom. The fourth-order valence-electron chi connectivity index (χ4n) is 5.36. The lowest BCUT2D eigenvalue weighted by Gasteiger charge is -2.21. The van der Waals surface area contributed by atoms with E-state index in [2.05, 4.69) is 10.3 Å². The van der Waals surface area contributed by atoms with Gasteiger partial charge >= 0.3 is 0 Å². The van der Waals surface area contributed by atoms with Crippen LogP contribution in [0.4, 0.5) is 14.5 Å². The van der Waals surface area contributed by atoms with E-state index >= 15 is 0 Å². The number of anilines is 1. The number of carbonyl (C=O) groups is 1. The number of rotatable bonds is 6. The first kappa shape index (κ1) is 29.0. The van der Waals surface area contributed by atoms with Crippen LogP contribution in [0.5, 0.6) is 0 Å². The van der Waals surface area contributed by atoms with E-state index in [-0.39, 0.29) is 40.4 Å². The molecule has 0 spiro atoms. The lowest BCUT2D eigenvalue weighted by Crippen LogP contribution is -2.26. The molecule has 6 rings (SSSR count). The lowest BCUT2D eigenvalue weighted by atomic mass is 10.0. The normalized spacial score (nSPS) is 12.7. The number of fused-ring (bicyclic) bond motifs is 2. The third-order valence-corrected chi connectivity index (χ3v) is 8.89. The van der Waals surface area contributed by atoms with Crippen molar-refractivity contribution in [3.8, 4) is 22.6 Å². The smallest absolute Gasteiger partial charge is 0.276 e. The molecule has 5 aromatic rings. The lowest BCUT2D eigenvalue weighted by molar-refractivity contribution is 0.0964. The van der Waals surface area contributed by atoms with Crippen LogP contribution in [0.2, 0.25) is 0 Å². The van der Waals surface area contributed by atoms with Gasteiger partial charge in [0.2, 0.25) is 10.0 Å². The summed E-state index contributed by atoms with van der Waals surface area (Å²) in [5.74, 6) is -1.20. The molecule has 1 amide bonds. The minimum absolute atomic E-state index is 0.0828. The number of sulfonamides is 1. The van der Waals surface area contributed by atoms with Gasteiger partial charge < -0.3 is 14.3 Å². The third kappa shape index (κ3) is 4.86. The number of furan rings is 1. The number of amides is 1. The fraction of sp³-hybridized carbons (Fsp3) is 0.156. The monoisotopic (exact) mass is 616 g/mol. The Kier molecular flexibility index (Phi) is 6.96. The number of nitrogens with one attached hydrogen (secondary N) is 1. The van der Waals surface area contributed by atoms with Crippen LogP contribution >= 0.6 is 0 Å². The molecule has 3 aromatic carbocycles. The van der Waals surface area contributed by atoms with Gasteiger partial charge in [0, 0.05) is 61.9 Å². The van der Waals surface area contributed by atoms with Crippen molar-refractivity contribution in [2.75, 3.05) is 24.7 Å². The van der Waals surface area contributed by atoms with Gasteiger partial charge in [-0.1, -0.05) is 12.1 Å². The van der Waals surface area contributed by atoms with E-state index in [1.165, 1.54) is 61.3 Å². The molecule has 224 valence electrons. The SMILES string of the molecule is CNC(=O)c1c(-c2ccc(F)cc2)oc2cc(N(C)S(C)(=O)=O)c(-c3cn(C)c(=O)c(C4=Cc5c(F)cccc5C4)n3)cc12. The number of hydrogen-bond donors (Lipinski definition) is 1. The van der Waals surface area contributed by atoms with Gasteiger partial charge in [0.25, 0.3) is 11.5 Å². The van der Waals surface area contributed by atoms with E-state index in [1.54, 1.807) is 31.3 Å². The van der Waals surface area contributed by atoms with Crippen molar-refractivity contribution < 1.29 is 26.4 Å². The number of allylic oxidation sites excluding steroid dienone is 1. The van der Waals surface area contributed by atoms with Crippen LogP contribution in [0.25, 0.3) is 45.2 Å². The van der Waals surface area contributed by atoms with E-state index in [1.807, 2.05) is 0 Å². The zero-order valence-electron chi connectivity index (χ0n) is 24.1. The zero-order valence-corrected chi connectivity index (χ0v) is 24.9. The van der Waals surface area contributed by atoms with Gasteiger partial charge in [-0.15, -0.1) is 0 Å². The van der Waals surface area contributed by atoms with Gasteiger partial charge in [-0.2, -0.15) is 0 Å². The number of nitrogens with zero attached hydrogens (tertiary/aromatic N) is 3. The van der Waals surface area contributed by atoms with Gasteiger partial charge in [-0.3, -0.25) is 13.9 Å². The van der Waals surface area contributed by atoms with Gasteiger partial charge in [-0.25, -0.2) is 22.2 Å². The zero-order chi connectivity index (χ0) is 31.5. The highest BCUT2D eigenvalue weighted by Crippen LogP contribution is 2.41. The van der Waals surface area contributed by atoms with Crippen LogP contribution in [0, 0.1) is 11.6 Å². The van der Waals surface area contributed by atoms with Crippen molar-refractivity contribution in [1.82, 2.24) is 14.9 Å². The van der Waals surface area contributed by atoms with Crippen molar-refractivity contribution in [3.63, 3.8) is 0 Å². The average Bonchev–Trinajstić information content (AvgIpc) is 3.59. The molecule has 44 heavy (non-hydrogen) atoms. The summed E-state index contributed by atoms with van der Waals surface area (Å²) in [6, 6.07) is 13.2. The molecule has 2 aromatic heterocycles. The Bertz CT molecular complexity index is 2200. The third-order valence-electron chi connectivity index (χ3n) is 7.70. The number of hydrogen-bond acceptors (Lipinski definition) is 6. The highest BCUT2D eigenvalue weighted by Gasteiger charge is 2.28. The summed E-state index contributed by atoms with van der Waals surface area (Å²) >= 11 is 0. The first-order chi connectivity index (χ1) is 20.9. The first-order valence-electron chi connectivity index (χ1n) is 13.5. The summed E-state index contributed by atoms with van der Waals surface area (Å²) in [5.41, 5.74) is 2.77. The Morgan fingerprint density at radius 2 is 1.84 bits per heavy atom. The molecule has 0 radical (unpaired) electrons. The number of halogens is 2. The molecule has 0 unspecified atom stereocenters. The molecule has 9 nitrogen and oxygen atoms in total. The summed E-state index contributed by atoms with van der Waals surface area (Å²) < 4.78 is 62.2. The van der Waals surface area contributed by atoms with Gasteiger partial charge in [0.15, 0.2) is 0 Å². The van der Waals surface area contributed by atoms with E-state index in [0.29, 0.717) is 27.6 Å². The van der Waals surface area contributed by atoms with Crippen molar-refractivity contribution in [1.29, 1.82) is 0 Å². The predicted octanol–water partition coefficient (Wildman–Crippen LogP) is 4.99. The molecule has 0 bridgehead atoms. The molecule has 0 fully saturated rings. The van der Waals surface area contributed by atoms with E-state index in [4.69, 9.17) is 4.42 Å². The molecule has 0 saturated heterocycles. The topological polar surface area (TPSA) is 115 Å². The van der Waals surface area contributed by atoms with Crippen molar-refractivity contribution >= 4 is 44.2 Å².